The van der Waals surface area contributed by atoms with Crippen LogP contribution >= 0.6 is 11.6 Å². The number of hydrogen-bond donors (Lipinski definition) is 1. The molecule has 2 rings (SSSR count). The highest BCUT2D eigenvalue weighted by Gasteiger charge is 2.15. The summed E-state index contributed by atoms with van der Waals surface area (Å²) in [4.78, 5) is 8.79. The van der Waals surface area contributed by atoms with Gasteiger partial charge in [-0.2, -0.15) is 0 Å². The summed E-state index contributed by atoms with van der Waals surface area (Å²) in [6.45, 7) is 7.21. The van der Waals surface area contributed by atoms with Crippen molar-refractivity contribution >= 4 is 17.4 Å². The second kappa shape index (κ2) is 6.02. The van der Waals surface area contributed by atoms with Crippen LogP contribution in [0.4, 0.5) is 5.82 Å². The van der Waals surface area contributed by atoms with Crippen molar-refractivity contribution in [2.45, 2.75) is 26.7 Å². The minimum absolute atomic E-state index is 0.348. The summed E-state index contributed by atoms with van der Waals surface area (Å²) in [5, 5.41) is 4.03. The van der Waals surface area contributed by atoms with E-state index in [4.69, 9.17) is 11.6 Å². The van der Waals surface area contributed by atoms with Gasteiger partial charge in [-0.3, -0.25) is 0 Å². The van der Waals surface area contributed by atoms with Gasteiger partial charge in [-0.05, 0) is 25.0 Å². The Hall–Kier alpha value is -1.61. The van der Waals surface area contributed by atoms with Crippen LogP contribution in [0.25, 0.3) is 11.3 Å². The number of aromatic nitrogens is 2. The third-order valence-corrected chi connectivity index (χ3v) is 3.18. The predicted molar refractivity (Wildman–Crippen MR) is 80.7 cm³/mol. The third-order valence-electron chi connectivity index (χ3n) is 2.92. The number of nitrogens with one attached hydrogen (secondary N) is 1. The minimum atomic E-state index is 0.348. The molecule has 4 heteroatoms. The lowest BCUT2D eigenvalue weighted by atomic mass is 9.97. The molecule has 2 aromatic rings. The van der Waals surface area contributed by atoms with Gasteiger partial charge in [0.05, 0.1) is 5.69 Å². The molecule has 0 amide bonds. The van der Waals surface area contributed by atoms with E-state index in [1.54, 1.807) is 6.33 Å². The maximum atomic E-state index is 5.94. The second-order valence-corrected chi connectivity index (χ2v) is 5.11. The van der Waals surface area contributed by atoms with Crippen LogP contribution in [0.5, 0.6) is 0 Å². The van der Waals surface area contributed by atoms with Crippen molar-refractivity contribution in [1.82, 2.24) is 9.97 Å². The molecule has 1 heterocycles. The summed E-state index contributed by atoms with van der Waals surface area (Å²) in [6.07, 6.45) is 1.60. The van der Waals surface area contributed by atoms with E-state index in [1.165, 1.54) is 0 Å². The Kier molecular flexibility index (Phi) is 4.38. The molecule has 0 radical (unpaired) electrons. The molecule has 0 unspecified atom stereocenters. The molecule has 3 nitrogen and oxygen atoms in total. The SMILES string of the molecule is CCNc1ncnc(-c2ccc(Cl)cc2)c1C(C)C. The van der Waals surface area contributed by atoms with Crippen LogP contribution < -0.4 is 5.32 Å². The lowest BCUT2D eigenvalue weighted by Gasteiger charge is -2.16. The number of halogens is 1. The highest BCUT2D eigenvalue weighted by atomic mass is 35.5. The van der Waals surface area contributed by atoms with E-state index < -0.39 is 0 Å². The molecule has 0 aliphatic rings. The number of anilines is 1. The molecular formula is C15H18ClN3. The third kappa shape index (κ3) is 3.04. The van der Waals surface area contributed by atoms with Crippen LogP contribution in [-0.4, -0.2) is 16.5 Å². The van der Waals surface area contributed by atoms with Crippen molar-refractivity contribution in [3.05, 3.63) is 41.2 Å². The molecule has 0 atom stereocenters. The van der Waals surface area contributed by atoms with Gasteiger partial charge < -0.3 is 5.32 Å². The minimum Gasteiger partial charge on any atom is -0.370 e. The Morgan fingerprint density at radius 1 is 1.16 bits per heavy atom. The van der Waals surface area contributed by atoms with Gasteiger partial charge in [-0.25, -0.2) is 9.97 Å². The van der Waals surface area contributed by atoms with Gasteiger partial charge in [0.2, 0.25) is 0 Å². The molecule has 0 bridgehead atoms. The van der Waals surface area contributed by atoms with Gasteiger partial charge >= 0.3 is 0 Å². The summed E-state index contributed by atoms with van der Waals surface area (Å²) in [5.41, 5.74) is 3.18. The molecule has 1 N–H and O–H groups in total. The molecule has 1 aromatic heterocycles. The highest BCUT2D eigenvalue weighted by molar-refractivity contribution is 6.30. The fraction of sp³-hybridized carbons (Fsp3) is 0.333. The fourth-order valence-electron chi connectivity index (χ4n) is 2.09. The largest absolute Gasteiger partial charge is 0.370 e. The van der Waals surface area contributed by atoms with Crippen molar-refractivity contribution in [2.75, 3.05) is 11.9 Å². The molecule has 0 aliphatic heterocycles. The van der Waals surface area contributed by atoms with Gasteiger partial charge in [-0.1, -0.05) is 37.6 Å². The van der Waals surface area contributed by atoms with E-state index in [0.29, 0.717) is 5.92 Å². The zero-order valence-electron chi connectivity index (χ0n) is 11.4. The van der Waals surface area contributed by atoms with Crippen molar-refractivity contribution < 1.29 is 0 Å². The Balaban J connectivity index is 2.55. The molecule has 100 valence electrons. The lowest BCUT2D eigenvalue weighted by molar-refractivity contribution is 0.849. The Labute approximate surface area is 119 Å². The van der Waals surface area contributed by atoms with Gasteiger partial charge in [0.25, 0.3) is 0 Å². The van der Waals surface area contributed by atoms with Crippen LogP contribution in [0.2, 0.25) is 5.02 Å². The molecule has 0 spiro atoms. The van der Waals surface area contributed by atoms with Crippen LogP contribution in [0, 0.1) is 0 Å². The Morgan fingerprint density at radius 3 is 2.42 bits per heavy atom. The van der Waals surface area contributed by atoms with Gasteiger partial charge in [0, 0.05) is 22.7 Å². The van der Waals surface area contributed by atoms with E-state index >= 15 is 0 Å². The van der Waals surface area contributed by atoms with Crippen molar-refractivity contribution in [2.24, 2.45) is 0 Å². The summed E-state index contributed by atoms with van der Waals surface area (Å²) in [5.74, 6) is 1.26. The first kappa shape index (κ1) is 13.8. The second-order valence-electron chi connectivity index (χ2n) is 4.68. The van der Waals surface area contributed by atoms with Gasteiger partial charge in [0.1, 0.15) is 12.1 Å². The molecule has 19 heavy (non-hydrogen) atoms. The first-order chi connectivity index (χ1) is 9.13. The average molecular weight is 276 g/mol. The normalized spacial score (nSPS) is 10.8. The summed E-state index contributed by atoms with van der Waals surface area (Å²) in [7, 11) is 0. The number of benzene rings is 1. The van der Waals surface area contributed by atoms with E-state index in [9.17, 15) is 0 Å². The molecule has 0 fully saturated rings. The maximum absolute atomic E-state index is 5.94. The quantitative estimate of drug-likeness (QED) is 0.901. The van der Waals surface area contributed by atoms with Gasteiger partial charge in [-0.15, -0.1) is 0 Å². The zero-order chi connectivity index (χ0) is 13.8. The highest BCUT2D eigenvalue weighted by Crippen LogP contribution is 2.32. The lowest BCUT2D eigenvalue weighted by Crippen LogP contribution is -2.07. The Morgan fingerprint density at radius 2 is 1.84 bits per heavy atom. The van der Waals surface area contributed by atoms with Crippen LogP contribution in [0.1, 0.15) is 32.3 Å². The zero-order valence-corrected chi connectivity index (χ0v) is 12.2. The van der Waals surface area contributed by atoms with E-state index in [0.717, 1.165) is 34.2 Å². The summed E-state index contributed by atoms with van der Waals surface area (Å²) in [6, 6.07) is 7.75. The van der Waals surface area contributed by atoms with Crippen molar-refractivity contribution in [3.63, 3.8) is 0 Å². The molecular weight excluding hydrogens is 258 g/mol. The number of rotatable bonds is 4. The van der Waals surface area contributed by atoms with Crippen molar-refractivity contribution in [1.29, 1.82) is 0 Å². The number of hydrogen-bond acceptors (Lipinski definition) is 3. The summed E-state index contributed by atoms with van der Waals surface area (Å²) >= 11 is 5.94. The smallest absolute Gasteiger partial charge is 0.133 e. The van der Waals surface area contributed by atoms with Crippen LogP contribution in [0.15, 0.2) is 30.6 Å². The van der Waals surface area contributed by atoms with Crippen molar-refractivity contribution in [3.8, 4) is 11.3 Å². The van der Waals surface area contributed by atoms with Crippen LogP contribution in [-0.2, 0) is 0 Å². The van der Waals surface area contributed by atoms with E-state index in [-0.39, 0.29) is 0 Å². The first-order valence-electron chi connectivity index (χ1n) is 6.48. The monoisotopic (exact) mass is 275 g/mol. The van der Waals surface area contributed by atoms with Crippen LogP contribution in [0.3, 0.4) is 0 Å². The van der Waals surface area contributed by atoms with E-state index in [1.807, 2.05) is 24.3 Å². The molecule has 0 aliphatic carbocycles. The molecule has 0 saturated heterocycles. The fourth-order valence-corrected chi connectivity index (χ4v) is 2.21. The average Bonchev–Trinajstić information content (AvgIpc) is 2.39. The topological polar surface area (TPSA) is 37.8 Å². The molecule has 0 saturated carbocycles. The molecule has 1 aromatic carbocycles. The van der Waals surface area contributed by atoms with Gasteiger partial charge in [0.15, 0.2) is 0 Å². The Bertz CT molecular complexity index is 550. The predicted octanol–water partition coefficient (Wildman–Crippen LogP) is 4.35. The van der Waals surface area contributed by atoms with E-state index in [2.05, 4.69) is 36.1 Å². The number of nitrogens with zero attached hydrogens (tertiary/aromatic N) is 2. The summed E-state index contributed by atoms with van der Waals surface area (Å²) < 4.78 is 0. The standard InChI is InChI=1S/C15H18ClN3/c1-4-17-15-13(10(2)3)14(18-9-19-15)11-5-7-12(16)8-6-11/h5-10H,4H2,1-3H3,(H,17,18,19). The maximum Gasteiger partial charge on any atom is 0.133 e. The first-order valence-corrected chi connectivity index (χ1v) is 6.86.